The fourth-order valence-electron chi connectivity index (χ4n) is 3.32. The minimum absolute atomic E-state index is 0.0245. The van der Waals surface area contributed by atoms with Gasteiger partial charge in [-0.05, 0) is 35.0 Å². The number of pyridine rings is 2. The lowest BCUT2D eigenvalue weighted by Gasteiger charge is -2.10. The first-order valence-electron chi connectivity index (χ1n) is 10.6. The maximum absolute atomic E-state index is 12.8. The molecule has 0 radical (unpaired) electrons. The first-order chi connectivity index (χ1) is 17.4. The molecular formula is C21H17F3N10O2. The molecule has 0 aliphatic heterocycles. The number of alkyl halides is 3. The lowest BCUT2D eigenvalue weighted by atomic mass is 10.2. The van der Waals surface area contributed by atoms with Crippen LogP contribution in [0.1, 0.15) is 23.7 Å². The van der Waals surface area contributed by atoms with E-state index in [-0.39, 0.29) is 24.2 Å². The van der Waals surface area contributed by atoms with E-state index in [1.807, 2.05) is 13.0 Å². The van der Waals surface area contributed by atoms with E-state index in [1.165, 1.54) is 6.33 Å². The molecule has 0 unspecified atom stereocenters. The van der Waals surface area contributed by atoms with E-state index in [0.717, 1.165) is 23.9 Å². The van der Waals surface area contributed by atoms with Crippen LogP contribution < -0.4 is 4.74 Å². The summed E-state index contributed by atoms with van der Waals surface area (Å²) in [6.45, 7) is 2.84. The van der Waals surface area contributed by atoms with Crippen LogP contribution in [0.3, 0.4) is 0 Å². The summed E-state index contributed by atoms with van der Waals surface area (Å²) < 4.78 is 52.6. The number of rotatable bonds is 8. The van der Waals surface area contributed by atoms with Gasteiger partial charge in [0, 0.05) is 25.0 Å². The van der Waals surface area contributed by atoms with Crippen molar-refractivity contribution in [1.82, 2.24) is 50.1 Å². The normalized spacial score (nSPS) is 11.7. The van der Waals surface area contributed by atoms with Crippen LogP contribution >= 0.6 is 0 Å². The summed E-state index contributed by atoms with van der Waals surface area (Å²) in [6, 6.07) is 5.68. The van der Waals surface area contributed by atoms with Gasteiger partial charge >= 0.3 is 6.18 Å². The van der Waals surface area contributed by atoms with Crippen LogP contribution in [0.25, 0.3) is 23.0 Å². The molecule has 0 aromatic carbocycles. The largest absolute Gasteiger partial charge is 0.471 e. The van der Waals surface area contributed by atoms with Gasteiger partial charge in [0.15, 0.2) is 0 Å². The second-order valence-electron chi connectivity index (χ2n) is 7.47. The van der Waals surface area contributed by atoms with Crippen molar-refractivity contribution in [3.05, 3.63) is 66.0 Å². The fourth-order valence-corrected chi connectivity index (χ4v) is 3.32. The van der Waals surface area contributed by atoms with Gasteiger partial charge in [0.25, 0.3) is 5.89 Å². The summed E-state index contributed by atoms with van der Waals surface area (Å²) in [6.07, 6.45) is 0.976. The number of hydrogen-bond acceptors (Lipinski definition) is 10. The van der Waals surface area contributed by atoms with E-state index in [1.54, 1.807) is 27.8 Å². The maximum Gasteiger partial charge on any atom is 0.417 e. The molecule has 36 heavy (non-hydrogen) atoms. The van der Waals surface area contributed by atoms with Gasteiger partial charge < -0.3 is 9.26 Å². The average molecular weight is 498 g/mol. The zero-order valence-corrected chi connectivity index (χ0v) is 18.7. The molecule has 0 aliphatic carbocycles. The van der Waals surface area contributed by atoms with Crippen molar-refractivity contribution in [3.8, 4) is 28.9 Å². The summed E-state index contributed by atoms with van der Waals surface area (Å²) in [5, 5.41) is 19.3. The Balaban J connectivity index is 1.32. The second kappa shape index (κ2) is 9.52. The molecule has 0 amide bonds. The van der Waals surface area contributed by atoms with Crippen LogP contribution in [0.2, 0.25) is 0 Å². The van der Waals surface area contributed by atoms with Crippen molar-refractivity contribution < 1.29 is 22.4 Å². The van der Waals surface area contributed by atoms with Crippen molar-refractivity contribution in [2.45, 2.75) is 32.8 Å². The molecular weight excluding hydrogens is 481 g/mol. The van der Waals surface area contributed by atoms with Crippen molar-refractivity contribution >= 4 is 0 Å². The molecule has 12 nitrogen and oxygen atoms in total. The Labute approximate surface area is 200 Å². The van der Waals surface area contributed by atoms with Gasteiger partial charge in [0.2, 0.25) is 11.7 Å². The molecule has 184 valence electrons. The number of aryl methyl sites for hydroxylation is 1. The van der Waals surface area contributed by atoms with E-state index in [0.29, 0.717) is 30.0 Å². The van der Waals surface area contributed by atoms with Crippen LogP contribution in [-0.4, -0.2) is 50.1 Å². The van der Waals surface area contributed by atoms with Crippen LogP contribution in [0.4, 0.5) is 13.2 Å². The van der Waals surface area contributed by atoms with Gasteiger partial charge in [-0.15, -0.1) is 5.10 Å². The molecule has 5 rings (SSSR count). The van der Waals surface area contributed by atoms with E-state index < -0.39 is 11.7 Å². The highest BCUT2D eigenvalue weighted by atomic mass is 19.4. The summed E-state index contributed by atoms with van der Waals surface area (Å²) in [4.78, 5) is 12.5. The highest BCUT2D eigenvalue weighted by molar-refractivity contribution is 5.59. The molecule has 15 heteroatoms. The molecule has 0 spiro atoms. The van der Waals surface area contributed by atoms with E-state index >= 15 is 0 Å². The Morgan fingerprint density at radius 1 is 1.06 bits per heavy atom. The Hall–Kier alpha value is -4.69. The molecule has 0 fully saturated rings. The fraction of sp³-hybridized carbons (Fsp3) is 0.238. The molecule has 5 aromatic rings. The van der Waals surface area contributed by atoms with Gasteiger partial charge in [0.05, 0.1) is 29.6 Å². The van der Waals surface area contributed by atoms with Crippen molar-refractivity contribution in [3.63, 3.8) is 0 Å². The van der Waals surface area contributed by atoms with E-state index in [2.05, 4.69) is 40.7 Å². The zero-order chi connectivity index (χ0) is 25.1. The van der Waals surface area contributed by atoms with Crippen LogP contribution in [-0.2, 0) is 25.9 Å². The minimum Gasteiger partial charge on any atom is -0.471 e. The third-order valence-electron chi connectivity index (χ3n) is 5.11. The van der Waals surface area contributed by atoms with E-state index in [4.69, 9.17) is 9.26 Å². The van der Waals surface area contributed by atoms with E-state index in [9.17, 15) is 13.2 Å². The topological polar surface area (TPSA) is 135 Å². The standard InChI is InChI=1S/C21H17F3N10O2/c1-2-34-17(11-35-18-6-4-14(8-26-18)21(22,23)24)15(9-28-34)20-29-19(30-36-20)16-5-3-13(7-25-16)10-33-12-27-31-32-33/h3-9,12H,2,10-11H2,1H3. The van der Waals surface area contributed by atoms with Gasteiger partial charge in [0.1, 0.15) is 18.6 Å². The molecule has 5 heterocycles. The Morgan fingerprint density at radius 3 is 2.61 bits per heavy atom. The van der Waals surface area contributed by atoms with Gasteiger partial charge in [-0.1, -0.05) is 11.2 Å². The zero-order valence-electron chi connectivity index (χ0n) is 18.7. The highest BCUT2D eigenvalue weighted by Gasteiger charge is 2.30. The lowest BCUT2D eigenvalue weighted by molar-refractivity contribution is -0.137. The van der Waals surface area contributed by atoms with Gasteiger partial charge in [-0.2, -0.15) is 23.3 Å². The summed E-state index contributed by atoms with van der Waals surface area (Å²) in [7, 11) is 0. The van der Waals surface area contributed by atoms with Crippen molar-refractivity contribution in [1.29, 1.82) is 0 Å². The highest BCUT2D eigenvalue weighted by Crippen LogP contribution is 2.30. The van der Waals surface area contributed by atoms with Crippen molar-refractivity contribution in [2.24, 2.45) is 0 Å². The van der Waals surface area contributed by atoms with Crippen LogP contribution in [0.15, 0.2) is 53.7 Å². The second-order valence-corrected chi connectivity index (χ2v) is 7.47. The monoisotopic (exact) mass is 498 g/mol. The minimum atomic E-state index is -4.47. The third kappa shape index (κ3) is 4.89. The first-order valence-corrected chi connectivity index (χ1v) is 10.6. The molecule has 0 aliphatic rings. The maximum atomic E-state index is 12.8. The summed E-state index contributed by atoms with van der Waals surface area (Å²) in [5.41, 5.74) is 1.65. The molecule has 5 aromatic heterocycles. The number of hydrogen-bond donors (Lipinski definition) is 0. The quantitative estimate of drug-likeness (QED) is 0.314. The van der Waals surface area contributed by atoms with Crippen LogP contribution in [0, 0.1) is 0 Å². The first kappa shape index (κ1) is 23.1. The molecule has 0 saturated carbocycles. The van der Waals surface area contributed by atoms with Gasteiger partial charge in [-0.3, -0.25) is 9.67 Å². The van der Waals surface area contributed by atoms with Crippen molar-refractivity contribution in [2.75, 3.05) is 0 Å². The average Bonchev–Trinajstić information content (AvgIpc) is 3.64. The summed E-state index contributed by atoms with van der Waals surface area (Å²) >= 11 is 0. The summed E-state index contributed by atoms with van der Waals surface area (Å²) in [5.74, 6) is 0.512. The third-order valence-corrected chi connectivity index (χ3v) is 5.11. The number of halogens is 3. The number of aromatic nitrogens is 10. The molecule has 0 saturated heterocycles. The Kier molecular flexibility index (Phi) is 6.10. The predicted octanol–water partition coefficient (Wildman–Crippen LogP) is 3.04. The smallest absolute Gasteiger partial charge is 0.417 e. The molecule has 0 N–H and O–H groups in total. The molecule has 0 atom stereocenters. The van der Waals surface area contributed by atoms with Gasteiger partial charge in [-0.25, -0.2) is 9.67 Å². The molecule has 0 bridgehead atoms. The van der Waals surface area contributed by atoms with Crippen LogP contribution in [0.5, 0.6) is 5.88 Å². The Bertz CT molecular complexity index is 1430. The Morgan fingerprint density at radius 2 is 1.94 bits per heavy atom. The predicted molar refractivity (Wildman–Crippen MR) is 115 cm³/mol. The number of ether oxygens (including phenoxy) is 1. The lowest BCUT2D eigenvalue weighted by Crippen LogP contribution is -2.09. The number of nitrogens with zero attached hydrogens (tertiary/aromatic N) is 10. The number of tetrazole rings is 1. The SMILES string of the molecule is CCn1ncc(-c2nc(-c3ccc(Cn4cnnn4)cn3)no2)c1COc1ccc(C(F)(F)F)cn1.